The number of hydrogen-bond donors (Lipinski definition) is 1. The standard InChI is InChI=1S/C35H39ClF2N2O3/c1-23(22-43-30-12-18-39-29-11-6-13-35(37,38)31(29)30)19-25-20-24-7-3-4-10-28(24)33(25)14-16-34(17-15-33,32(41)42-2)40-27-9-5-8-26(36)21-27/h3-5,7-10,12,18,21,23,25,40H,6,11,13-17,19-20,22H2,1-2H3/t23-,25+,33?,34?/m1/s1. The van der Waals surface area contributed by atoms with E-state index >= 15 is 0 Å². The summed E-state index contributed by atoms with van der Waals surface area (Å²) >= 11 is 6.25. The number of nitrogens with one attached hydrogen (secondary N) is 1. The van der Waals surface area contributed by atoms with Crippen molar-refractivity contribution in [2.45, 2.75) is 81.6 Å². The number of carbonyl (C=O) groups is 1. The van der Waals surface area contributed by atoms with Gasteiger partial charge in [-0.3, -0.25) is 4.98 Å². The molecule has 6 rings (SSSR count). The maximum atomic E-state index is 14.8. The average Bonchev–Trinajstić information content (AvgIpc) is 3.29. The largest absolute Gasteiger partial charge is 0.493 e. The van der Waals surface area contributed by atoms with E-state index in [0.29, 0.717) is 48.9 Å². The van der Waals surface area contributed by atoms with E-state index in [1.165, 1.54) is 18.2 Å². The molecule has 5 nitrogen and oxygen atoms in total. The third kappa shape index (κ3) is 5.61. The molecule has 2 atom stereocenters. The Balaban J connectivity index is 1.21. The maximum Gasteiger partial charge on any atom is 0.331 e. The van der Waals surface area contributed by atoms with Crippen LogP contribution < -0.4 is 10.1 Å². The summed E-state index contributed by atoms with van der Waals surface area (Å²) in [6.07, 6.45) is 7.16. The summed E-state index contributed by atoms with van der Waals surface area (Å²) in [4.78, 5) is 17.5. The highest BCUT2D eigenvalue weighted by Crippen LogP contribution is 2.56. The van der Waals surface area contributed by atoms with Crippen LogP contribution >= 0.6 is 11.6 Å². The lowest BCUT2D eigenvalue weighted by Crippen LogP contribution is -2.53. The molecule has 0 bridgehead atoms. The molecule has 3 aliphatic carbocycles. The van der Waals surface area contributed by atoms with Gasteiger partial charge in [0, 0.05) is 23.3 Å². The van der Waals surface area contributed by atoms with Crippen LogP contribution in [-0.2, 0) is 33.7 Å². The van der Waals surface area contributed by atoms with E-state index in [9.17, 15) is 13.6 Å². The van der Waals surface area contributed by atoms with Crippen molar-refractivity contribution in [1.82, 2.24) is 4.98 Å². The summed E-state index contributed by atoms with van der Waals surface area (Å²) in [5, 5.41) is 4.10. The molecule has 3 aliphatic rings. The Morgan fingerprint density at radius 1 is 1.09 bits per heavy atom. The number of anilines is 1. The van der Waals surface area contributed by atoms with Crippen LogP contribution in [0.15, 0.2) is 60.8 Å². The van der Waals surface area contributed by atoms with Crippen LogP contribution in [0.3, 0.4) is 0 Å². The molecule has 43 heavy (non-hydrogen) atoms. The van der Waals surface area contributed by atoms with Crippen LogP contribution in [0.25, 0.3) is 0 Å². The smallest absolute Gasteiger partial charge is 0.331 e. The van der Waals surface area contributed by atoms with Crippen LogP contribution in [0, 0.1) is 11.8 Å². The van der Waals surface area contributed by atoms with Gasteiger partial charge in [-0.1, -0.05) is 48.9 Å². The van der Waals surface area contributed by atoms with Gasteiger partial charge in [0.15, 0.2) is 0 Å². The molecular formula is C35H39ClF2N2O3. The topological polar surface area (TPSA) is 60.5 Å². The Morgan fingerprint density at radius 2 is 1.88 bits per heavy atom. The van der Waals surface area contributed by atoms with Gasteiger partial charge in [0.05, 0.1) is 25.0 Å². The van der Waals surface area contributed by atoms with Crippen molar-refractivity contribution in [2.75, 3.05) is 19.0 Å². The van der Waals surface area contributed by atoms with Crippen molar-refractivity contribution in [1.29, 1.82) is 0 Å². The summed E-state index contributed by atoms with van der Waals surface area (Å²) in [6, 6.07) is 17.7. The van der Waals surface area contributed by atoms with Gasteiger partial charge in [0.2, 0.25) is 0 Å². The lowest BCUT2D eigenvalue weighted by molar-refractivity contribution is -0.148. The third-order valence-corrected chi connectivity index (χ3v) is 10.3. The predicted molar refractivity (Wildman–Crippen MR) is 164 cm³/mol. The van der Waals surface area contributed by atoms with Crippen LogP contribution in [0.4, 0.5) is 14.5 Å². The first-order valence-corrected chi connectivity index (χ1v) is 15.7. The minimum Gasteiger partial charge on any atom is -0.493 e. The Labute approximate surface area is 257 Å². The summed E-state index contributed by atoms with van der Waals surface area (Å²) in [6.45, 7) is 2.50. The third-order valence-electron chi connectivity index (χ3n) is 10.1. The molecule has 0 radical (unpaired) electrons. The summed E-state index contributed by atoms with van der Waals surface area (Å²) in [5.74, 6) is -2.42. The molecule has 1 aromatic heterocycles. The molecule has 1 spiro atoms. The molecule has 2 aromatic carbocycles. The van der Waals surface area contributed by atoms with Gasteiger partial charge in [-0.2, -0.15) is 0 Å². The number of nitrogens with zero attached hydrogens (tertiary/aromatic N) is 1. The van der Waals surface area contributed by atoms with E-state index in [4.69, 9.17) is 21.1 Å². The van der Waals surface area contributed by atoms with Crippen molar-refractivity contribution in [3.63, 3.8) is 0 Å². The number of pyridine rings is 1. The van der Waals surface area contributed by atoms with E-state index < -0.39 is 11.5 Å². The molecule has 0 aliphatic heterocycles. The summed E-state index contributed by atoms with van der Waals surface area (Å²) in [5.41, 5.74) is 3.03. The normalized spacial score (nSPS) is 26.3. The molecule has 228 valence electrons. The molecule has 0 saturated heterocycles. The van der Waals surface area contributed by atoms with E-state index in [0.717, 1.165) is 31.4 Å². The second-order valence-electron chi connectivity index (χ2n) is 12.8. The first-order valence-electron chi connectivity index (χ1n) is 15.4. The SMILES string of the molecule is COC(=O)C1(Nc2cccc(Cl)c2)CCC2(CC1)c1ccccc1C[C@@H]2C[C@@H](C)COc1ccnc2c1C(F)(F)CCC2. The Morgan fingerprint density at radius 3 is 2.65 bits per heavy atom. The number of aromatic nitrogens is 1. The Kier molecular flexibility index (Phi) is 8.14. The van der Waals surface area contributed by atoms with E-state index in [1.807, 2.05) is 24.3 Å². The van der Waals surface area contributed by atoms with Gasteiger partial charge < -0.3 is 14.8 Å². The number of ether oxygens (including phenoxy) is 2. The predicted octanol–water partition coefficient (Wildman–Crippen LogP) is 8.28. The monoisotopic (exact) mass is 608 g/mol. The number of esters is 1. The van der Waals surface area contributed by atoms with E-state index in [1.54, 1.807) is 12.3 Å². The van der Waals surface area contributed by atoms with Gasteiger partial charge in [-0.25, -0.2) is 13.6 Å². The lowest BCUT2D eigenvalue weighted by atomic mass is 9.59. The number of hydrogen-bond acceptors (Lipinski definition) is 5. The number of carbonyl (C=O) groups excluding carboxylic acids is 1. The number of methoxy groups -OCH3 is 1. The fourth-order valence-electron chi connectivity index (χ4n) is 7.97. The molecule has 0 amide bonds. The van der Waals surface area contributed by atoms with Crippen molar-refractivity contribution < 1.29 is 23.0 Å². The maximum absolute atomic E-state index is 14.8. The van der Waals surface area contributed by atoms with Crippen molar-refractivity contribution in [3.8, 4) is 5.75 Å². The molecular weight excluding hydrogens is 570 g/mol. The van der Waals surface area contributed by atoms with E-state index in [-0.39, 0.29) is 35.0 Å². The Hall–Kier alpha value is -3.19. The number of fused-ring (bicyclic) bond motifs is 3. The van der Waals surface area contributed by atoms with Crippen LogP contribution in [0.2, 0.25) is 5.02 Å². The summed E-state index contributed by atoms with van der Waals surface area (Å²) < 4.78 is 41.1. The Bertz CT molecular complexity index is 1490. The van der Waals surface area contributed by atoms with Gasteiger partial charge in [0.25, 0.3) is 5.92 Å². The van der Waals surface area contributed by atoms with Crippen LogP contribution in [-0.4, -0.2) is 30.2 Å². The molecule has 1 heterocycles. The number of aryl methyl sites for hydroxylation is 1. The van der Waals surface area contributed by atoms with Crippen LogP contribution in [0.5, 0.6) is 5.75 Å². The highest BCUT2D eigenvalue weighted by atomic mass is 35.5. The van der Waals surface area contributed by atoms with Gasteiger partial charge in [-0.05, 0) is 104 Å². The molecule has 8 heteroatoms. The van der Waals surface area contributed by atoms with Crippen LogP contribution in [0.1, 0.15) is 74.3 Å². The zero-order chi connectivity index (χ0) is 30.2. The van der Waals surface area contributed by atoms with Gasteiger partial charge in [0.1, 0.15) is 11.3 Å². The fraction of sp³-hybridized carbons (Fsp3) is 0.486. The first-order chi connectivity index (χ1) is 20.7. The fourth-order valence-corrected chi connectivity index (χ4v) is 8.16. The highest BCUT2D eigenvalue weighted by molar-refractivity contribution is 6.30. The minimum atomic E-state index is -2.91. The molecule has 0 unspecified atom stereocenters. The second kappa shape index (κ2) is 11.7. The molecule has 1 N–H and O–H groups in total. The highest BCUT2D eigenvalue weighted by Gasteiger charge is 2.54. The van der Waals surface area contributed by atoms with Crippen molar-refractivity contribution in [2.24, 2.45) is 11.8 Å². The molecule has 1 saturated carbocycles. The van der Waals surface area contributed by atoms with Crippen molar-refractivity contribution >= 4 is 23.3 Å². The van der Waals surface area contributed by atoms with Gasteiger partial charge in [-0.15, -0.1) is 0 Å². The lowest BCUT2D eigenvalue weighted by Gasteiger charge is -2.47. The number of halogens is 3. The number of rotatable bonds is 8. The first kappa shape index (κ1) is 29.9. The minimum absolute atomic E-state index is 0.0307. The summed E-state index contributed by atoms with van der Waals surface area (Å²) in [7, 11) is 1.44. The second-order valence-corrected chi connectivity index (χ2v) is 13.2. The van der Waals surface area contributed by atoms with Crippen molar-refractivity contribution in [3.05, 3.63) is 88.2 Å². The van der Waals surface area contributed by atoms with Gasteiger partial charge >= 0.3 is 5.97 Å². The quantitative estimate of drug-likeness (QED) is 0.261. The zero-order valence-electron chi connectivity index (χ0n) is 24.8. The zero-order valence-corrected chi connectivity index (χ0v) is 25.6. The molecule has 1 fully saturated rings. The number of benzene rings is 2. The molecule has 3 aromatic rings. The number of alkyl halides is 2. The average molecular weight is 609 g/mol. The van der Waals surface area contributed by atoms with E-state index in [2.05, 4.69) is 41.5 Å².